The molecule has 0 aliphatic heterocycles. The number of aromatic hydroxyl groups is 1. The van der Waals surface area contributed by atoms with Crippen molar-refractivity contribution in [3.8, 4) is 5.75 Å². The molecule has 0 saturated carbocycles. The van der Waals surface area contributed by atoms with Crippen LogP contribution in [0.25, 0.3) is 0 Å². The third-order valence-electron chi connectivity index (χ3n) is 2.39. The van der Waals surface area contributed by atoms with Crippen LogP contribution in [-0.2, 0) is 4.79 Å². The number of aliphatic carboxylic acids is 1. The molecule has 6 heteroatoms. The van der Waals surface area contributed by atoms with Crippen LogP contribution in [-0.4, -0.2) is 33.1 Å². The van der Waals surface area contributed by atoms with Gasteiger partial charge < -0.3 is 15.5 Å². The molecule has 6 nitrogen and oxygen atoms in total. The molecule has 98 valence electrons. The van der Waals surface area contributed by atoms with Gasteiger partial charge in [0.2, 0.25) is 0 Å². The summed E-state index contributed by atoms with van der Waals surface area (Å²) in [4.78, 5) is 26.2. The highest BCUT2D eigenvalue weighted by Gasteiger charge is 2.18. The molecule has 0 spiro atoms. The summed E-state index contributed by atoms with van der Waals surface area (Å²) < 4.78 is 0. The number of hydrogen-bond donors (Lipinski definition) is 3. The molecule has 3 N–H and O–H groups in total. The second kappa shape index (κ2) is 6.58. The summed E-state index contributed by atoms with van der Waals surface area (Å²) in [6.45, 7) is 1.90. The van der Waals surface area contributed by atoms with Gasteiger partial charge in [-0.3, -0.25) is 9.59 Å². The van der Waals surface area contributed by atoms with Crippen LogP contribution in [0.1, 0.15) is 36.7 Å². The van der Waals surface area contributed by atoms with Crippen LogP contribution in [0.4, 0.5) is 0 Å². The lowest BCUT2D eigenvalue weighted by Gasteiger charge is -2.15. The van der Waals surface area contributed by atoms with Gasteiger partial charge in [0.05, 0.1) is 6.42 Å². The molecule has 0 aliphatic carbocycles. The van der Waals surface area contributed by atoms with E-state index in [-0.39, 0.29) is 17.9 Å². The number of carboxylic acids is 1. The number of carbonyl (C=O) groups excluding carboxylic acids is 1. The maximum atomic E-state index is 11.8. The Morgan fingerprint density at radius 2 is 2.22 bits per heavy atom. The molecular weight excluding hydrogens is 236 g/mol. The number of aromatic nitrogens is 1. The van der Waals surface area contributed by atoms with E-state index in [2.05, 4.69) is 10.3 Å². The Hall–Kier alpha value is -2.11. The van der Waals surface area contributed by atoms with Crippen molar-refractivity contribution in [2.45, 2.75) is 32.2 Å². The highest BCUT2D eigenvalue weighted by molar-refractivity contribution is 5.95. The van der Waals surface area contributed by atoms with E-state index in [4.69, 9.17) is 5.11 Å². The molecule has 0 aliphatic rings. The second-order valence-electron chi connectivity index (χ2n) is 3.93. The summed E-state index contributed by atoms with van der Waals surface area (Å²) in [6.07, 6.45) is 2.56. The minimum absolute atomic E-state index is 0.0935. The van der Waals surface area contributed by atoms with Crippen molar-refractivity contribution in [2.24, 2.45) is 0 Å². The fraction of sp³-hybridized carbons (Fsp3) is 0.417. The van der Waals surface area contributed by atoms with Crippen LogP contribution in [0.2, 0.25) is 0 Å². The predicted molar refractivity (Wildman–Crippen MR) is 64.3 cm³/mol. The van der Waals surface area contributed by atoms with Gasteiger partial charge in [-0.25, -0.2) is 4.98 Å². The highest BCUT2D eigenvalue weighted by Crippen LogP contribution is 2.13. The molecule has 0 fully saturated rings. The lowest BCUT2D eigenvalue weighted by Crippen LogP contribution is -2.36. The summed E-state index contributed by atoms with van der Waals surface area (Å²) in [5, 5.41) is 20.8. The molecule has 0 radical (unpaired) electrons. The van der Waals surface area contributed by atoms with Crippen LogP contribution in [0.5, 0.6) is 5.75 Å². The Kier molecular flexibility index (Phi) is 5.10. The van der Waals surface area contributed by atoms with Gasteiger partial charge >= 0.3 is 5.97 Å². The van der Waals surface area contributed by atoms with E-state index in [1.807, 2.05) is 6.92 Å². The molecule has 18 heavy (non-hydrogen) atoms. The van der Waals surface area contributed by atoms with Crippen LogP contribution >= 0.6 is 0 Å². The first-order valence-corrected chi connectivity index (χ1v) is 5.71. The number of rotatable bonds is 6. The Morgan fingerprint density at radius 1 is 1.50 bits per heavy atom. The van der Waals surface area contributed by atoms with Crippen LogP contribution in [0.3, 0.4) is 0 Å². The second-order valence-corrected chi connectivity index (χ2v) is 3.93. The van der Waals surface area contributed by atoms with Crippen LogP contribution in [0.15, 0.2) is 18.3 Å². The molecule has 0 saturated heterocycles. The number of carboxylic acid groups (broad SMARTS) is 1. The number of hydrogen-bond acceptors (Lipinski definition) is 4. The number of nitrogens with one attached hydrogen (secondary N) is 1. The average Bonchev–Trinajstić information content (AvgIpc) is 2.28. The van der Waals surface area contributed by atoms with Crippen molar-refractivity contribution in [2.75, 3.05) is 0 Å². The van der Waals surface area contributed by atoms with Crippen LogP contribution in [0, 0.1) is 0 Å². The quantitative estimate of drug-likeness (QED) is 0.705. The van der Waals surface area contributed by atoms with E-state index in [0.29, 0.717) is 6.42 Å². The van der Waals surface area contributed by atoms with Gasteiger partial charge in [0, 0.05) is 12.2 Å². The van der Waals surface area contributed by atoms with Gasteiger partial charge in [-0.15, -0.1) is 0 Å². The van der Waals surface area contributed by atoms with Crippen molar-refractivity contribution in [3.05, 3.63) is 24.0 Å². The zero-order valence-corrected chi connectivity index (χ0v) is 10.1. The Labute approximate surface area is 105 Å². The maximum Gasteiger partial charge on any atom is 0.305 e. The first-order chi connectivity index (χ1) is 8.54. The van der Waals surface area contributed by atoms with E-state index in [9.17, 15) is 14.7 Å². The Morgan fingerprint density at radius 3 is 2.78 bits per heavy atom. The average molecular weight is 252 g/mol. The number of nitrogens with zero attached hydrogens (tertiary/aromatic N) is 1. The van der Waals surface area contributed by atoms with Gasteiger partial charge in [0.15, 0.2) is 5.69 Å². The third kappa shape index (κ3) is 4.04. The van der Waals surface area contributed by atoms with E-state index >= 15 is 0 Å². The van der Waals surface area contributed by atoms with E-state index < -0.39 is 17.9 Å². The summed E-state index contributed by atoms with van der Waals surface area (Å²) >= 11 is 0. The molecule has 1 rings (SSSR count). The monoisotopic (exact) mass is 252 g/mol. The van der Waals surface area contributed by atoms with Crippen molar-refractivity contribution in [1.82, 2.24) is 10.3 Å². The molecule has 1 aromatic heterocycles. The van der Waals surface area contributed by atoms with Crippen molar-refractivity contribution in [1.29, 1.82) is 0 Å². The Bertz CT molecular complexity index is 434. The van der Waals surface area contributed by atoms with Gasteiger partial charge in [-0.1, -0.05) is 13.3 Å². The number of carbonyl (C=O) groups is 2. The smallest absolute Gasteiger partial charge is 0.305 e. The van der Waals surface area contributed by atoms with Gasteiger partial charge in [-0.05, 0) is 18.6 Å². The zero-order chi connectivity index (χ0) is 13.5. The van der Waals surface area contributed by atoms with Crippen molar-refractivity contribution in [3.63, 3.8) is 0 Å². The molecule has 0 aromatic carbocycles. The predicted octanol–water partition coefficient (Wildman–Crippen LogP) is 1.16. The molecule has 0 bridgehead atoms. The Balaban J connectivity index is 2.72. The summed E-state index contributed by atoms with van der Waals surface area (Å²) in [7, 11) is 0. The van der Waals surface area contributed by atoms with E-state index in [1.54, 1.807) is 0 Å². The molecule has 1 atom stereocenters. The highest BCUT2D eigenvalue weighted by atomic mass is 16.4. The van der Waals surface area contributed by atoms with Crippen LogP contribution < -0.4 is 5.32 Å². The first kappa shape index (κ1) is 14.0. The fourth-order valence-corrected chi connectivity index (χ4v) is 1.61. The lowest BCUT2D eigenvalue weighted by molar-refractivity contribution is -0.137. The van der Waals surface area contributed by atoms with Crippen molar-refractivity contribution >= 4 is 11.9 Å². The summed E-state index contributed by atoms with van der Waals surface area (Å²) in [6, 6.07) is 2.40. The minimum Gasteiger partial charge on any atom is -0.505 e. The minimum atomic E-state index is -0.973. The molecule has 1 amide bonds. The maximum absolute atomic E-state index is 11.8. The van der Waals surface area contributed by atoms with E-state index in [0.717, 1.165) is 6.42 Å². The standard InChI is InChI=1S/C12H16N2O4/c1-2-4-8(7-10(16)17)14-12(18)11-9(15)5-3-6-13-11/h3,5-6,8,15H,2,4,7H2,1H3,(H,14,18)(H,16,17). The largest absolute Gasteiger partial charge is 0.505 e. The first-order valence-electron chi connectivity index (χ1n) is 5.71. The summed E-state index contributed by atoms with van der Waals surface area (Å²) in [5.41, 5.74) is -0.0935. The third-order valence-corrected chi connectivity index (χ3v) is 2.39. The molecule has 1 heterocycles. The topological polar surface area (TPSA) is 99.5 Å². The number of amides is 1. The normalized spacial score (nSPS) is 11.8. The van der Waals surface area contributed by atoms with Gasteiger partial charge in [0.25, 0.3) is 5.91 Å². The van der Waals surface area contributed by atoms with Gasteiger partial charge in [0.1, 0.15) is 5.75 Å². The molecular formula is C12H16N2O4. The SMILES string of the molecule is CCCC(CC(=O)O)NC(=O)c1ncccc1O. The molecule has 1 aromatic rings. The van der Waals surface area contributed by atoms with Gasteiger partial charge in [-0.2, -0.15) is 0 Å². The summed E-state index contributed by atoms with van der Waals surface area (Å²) in [5.74, 6) is -1.76. The lowest BCUT2D eigenvalue weighted by atomic mass is 10.1. The zero-order valence-electron chi connectivity index (χ0n) is 10.1. The molecule has 1 unspecified atom stereocenters. The fourth-order valence-electron chi connectivity index (χ4n) is 1.61. The number of pyridine rings is 1. The van der Waals surface area contributed by atoms with E-state index in [1.165, 1.54) is 18.3 Å². The van der Waals surface area contributed by atoms with Crippen molar-refractivity contribution < 1.29 is 19.8 Å².